The first-order valence-corrected chi connectivity index (χ1v) is 10.7. The van der Waals surface area contributed by atoms with E-state index < -0.39 is 29.9 Å². The molecule has 11 nitrogen and oxygen atoms in total. The predicted molar refractivity (Wildman–Crippen MR) is 107 cm³/mol. The molecular formula is C20H33N3O8. The number of rotatable bonds is 4. The molecule has 0 unspecified atom stereocenters. The average Bonchev–Trinajstić information content (AvgIpc) is 2.77. The molecule has 3 rings (SSSR count). The Kier molecular flexibility index (Phi) is 8.09. The lowest BCUT2D eigenvalue weighted by atomic mass is 10.1. The molecule has 3 aliphatic heterocycles. The Bertz CT molecular complexity index is 641. The fourth-order valence-electron chi connectivity index (χ4n) is 3.60. The molecule has 3 amide bonds. The largest absolute Gasteiger partial charge is 0.444 e. The molecule has 11 heteroatoms. The van der Waals surface area contributed by atoms with E-state index in [1.165, 1.54) is 0 Å². The lowest BCUT2D eigenvalue weighted by Gasteiger charge is -2.43. The molecule has 0 aliphatic carbocycles. The van der Waals surface area contributed by atoms with Crippen molar-refractivity contribution in [3.05, 3.63) is 0 Å². The first kappa shape index (κ1) is 23.7. The van der Waals surface area contributed by atoms with Gasteiger partial charge in [-0.3, -0.25) is 9.59 Å². The Morgan fingerprint density at radius 2 is 1.61 bits per heavy atom. The second kappa shape index (κ2) is 10.6. The minimum atomic E-state index is -0.685. The summed E-state index contributed by atoms with van der Waals surface area (Å²) in [6.45, 7) is 8.45. The van der Waals surface area contributed by atoms with Crippen LogP contribution in [0, 0.1) is 0 Å². The fourth-order valence-corrected chi connectivity index (χ4v) is 3.60. The van der Waals surface area contributed by atoms with E-state index in [2.05, 4.69) is 5.32 Å². The van der Waals surface area contributed by atoms with Gasteiger partial charge in [0.2, 0.25) is 0 Å². The highest BCUT2D eigenvalue weighted by atomic mass is 16.6. The maximum Gasteiger partial charge on any atom is 0.410 e. The van der Waals surface area contributed by atoms with Crippen LogP contribution in [0.25, 0.3) is 0 Å². The summed E-state index contributed by atoms with van der Waals surface area (Å²) in [5, 5.41) is 2.83. The molecule has 3 fully saturated rings. The van der Waals surface area contributed by atoms with Gasteiger partial charge in [-0.25, -0.2) is 4.79 Å². The van der Waals surface area contributed by atoms with Crippen LogP contribution in [-0.2, 0) is 33.3 Å². The molecule has 3 saturated heterocycles. The van der Waals surface area contributed by atoms with Crippen molar-refractivity contribution in [1.29, 1.82) is 0 Å². The van der Waals surface area contributed by atoms with Gasteiger partial charge in [0.15, 0.2) is 12.2 Å². The Morgan fingerprint density at radius 1 is 0.968 bits per heavy atom. The topological polar surface area (TPSA) is 116 Å². The van der Waals surface area contributed by atoms with Gasteiger partial charge in [-0.2, -0.15) is 0 Å². The van der Waals surface area contributed by atoms with E-state index in [1.807, 2.05) is 0 Å². The zero-order valence-corrected chi connectivity index (χ0v) is 18.5. The Labute approximate surface area is 182 Å². The molecule has 3 atom stereocenters. The molecular weight excluding hydrogens is 410 g/mol. The quantitative estimate of drug-likeness (QED) is 0.611. The van der Waals surface area contributed by atoms with Crippen LogP contribution in [0.2, 0.25) is 0 Å². The average molecular weight is 443 g/mol. The predicted octanol–water partition coefficient (Wildman–Crippen LogP) is -0.619. The number of hydrogen-bond donors (Lipinski definition) is 1. The first-order valence-electron chi connectivity index (χ1n) is 10.7. The Balaban J connectivity index is 1.64. The van der Waals surface area contributed by atoms with E-state index in [0.29, 0.717) is 39.5 Å². The van der Waals surface area contributed by atoms with E-state index >= 15 is 0 Å². The molecule has 31 heavy (non-hydrogen) atoms. The van der Waals surface area contributed by atoms with Crippen LogP contribution in [0.15, 0.2) is 0 Å². The number of nitrogens with one attached hydrogen (secondary N) is 1. The highest BCUT2D eigenvalue weighted by Crippen LogP contribution is 2.17. The summed E-state index contributed by atoms with van der Waals surface area (Å²) in [5.41, 5.74) is -0.626. The van der Waals surface area contributed by atoms with E-state index in [1.54, 1.807) is 30.6 Å². The molecule has 3 heterocycles. The second-order valence-corrected chi connectivity index (χ2v) is 8.73. The third-order valence-electron chi connectivity index (χ3n) is 5.13. The smallest absolute Gasteiger partial charge is 0.410 e. The lowest BCUT2D eigenvalue weighted by Crippen LogP contribution is -2.63. The van der Waals surface area contributed by atoms with Crippen molar-refractivity contribution < 1.29 is 38.1 Å². The number of piperazine rings is 1. The molecule has 0 radical (unpaired) electrons. The summed E-state index contributed by atoms with van der Waals surface area (Å²) in [4.78, 5) is 41.3. The number of ether oxygens (including phenoxy) is 5. The summed E-state index contributed by atoms with van der Waals surface area (Å²) in [6.07, 6.45) is -1.81. The van der Waals surface area contributed by atoms with Crippen molar-refractivity contribution in [2.45, 2.75) is 44.6 Å². The third-order valence-corrected chi connectivity index (χ3v) is 5.13. The van der Waals surface area contributed by atoms with Crippen LogP contribution < -0.4 is 5.32 Å². The minimum absolute atomic E-state index is 0.164. The molecule has 0 saturated carbocycles. The standard InChI is InChI=1S/C20H33N3O8/c1-20(2,3)31-19(26)22-4-5-23(18(25)16-13-28-7-9-30-16)14(11-22)10-21-17(24)15-12-27-6-8-29-15/h14-16H,4-13H2,1-3H3,(H,21,24)/t14-,15+,16+/m1/s1. The van der Waals surface area contributed by atoms with Crippen molar-refractivity contribution in [3.63, 3.8) is 0 Å². The van der Waals surface area contributed by atoms with Crippen LogP contribution >= 0.6 is 0 Å². The maximum atomic E-state index is 13.0. The first-order chi connectivity index (χ1) is 14.7. The second-order valence-electron chi connectivity index (χ2n) is 8.73. The lowest BCUT2D eigenvalue weighted by molar-refractivity contribution is -0.163. The number of nitrogens with zero attached hydrogens (tertiary/aromatic N) is 2. The molecule has 0 bridgehead atoms. The molecule has 0 spiro atoms. The van der Waals surface area contributed by atoms with Gasteiger partial charge in [-0.15, -0.1) is 0 Å². The minimum Gasteiger partial charge on any atom is -0.444 e. The van der Waals surface area contributed by atoms with Gasteiger partial charge in [0.1, 0.15) is 5.60 Å². The van der Waals surface area contributed by atoms with Gasteiger partial charge in [0.05, 0.1) is 45.7 Å². The van der Waals surface area contributed by atoms with Crippen LogP contribution in [-0.4, -0.2) is 117 Å². The van der Waals surface area contributed by atoms with E-state index in [9.17, 15) is 14.4 Å². The van der Waals surface area contributed by atoms with Gasteiger partial charge in [0, 0.05) is 26.2 Å². The van der Waals surface area contributed by atoms with Gasteiger partial charge >= 0.3 is 6.09 Å². The number of carbonyl (C=O) groups excluding carboxylic acids is 3. The Morgan fingerprint density at radius 3 is 2.19 bits per heavy atom. The summed E-state index contributed by atoms with van der Waals surface area (Å²) >= 11 is 0. The molecule has 1 N–H and O–H groups in total. The summed E-state index contributed by atoms with van der Waals surface area (Å²) < 4.78 is 27.1. The maximum absolute atomic E-state index is 13.0. The van der Waals surface area contributed by atoms with Crippen LogP contribution in [0.3, 0.4) is 0 Å². The molecule has 0 aromatic heterocycles. The van der Waals surface area contributed by atoms with Crippen LogP contribution in [0.1, 0.15) is 20.8 Å². The fraction of sp³-hybridized carbons (Fsp3) is 0.850. The Hall–Kier alpha value is -1.95. The van der Waals surface area contributed by atoms with Crippen molar-refractivity contribution in [2.75, 3.05) is 65.8 Å². The van der Waals surface area contributed by atoms with Crippen LogP contribution in [0.4, 0.5) is 4.79 Å². The molecule has 0 aromatic carbocycles. The summed E-state index contributed by atoms with van der Waals surface area (Å²) in [6, 6.07) is -0.437. The molecule has 3 aliphatic rings. The van der Waals surface area contributed by atoms with E-state index in [-0.39, 0.29) is 38.1 Å². The highest BCUT2D eigenvalue weighted by molar-refractivity contribution is 5.83. The monoisotopic (exact) mass is 443 g/mol. The summed E-state index contributed by atoms with van der Waals surface area (Å²) in [7, 11) is 0. The zero-order valence-electron chi connectivity index (χ0n) is 18.5. The summed E-state index contributed by atoms with van der Waals surface area (Å²) in [5.74, 6) is -0.515. The van der Waals surface area contributed by atoms with Gasteiger partial charge in [0.25, 0.3) is 11.8 Å². The van der Waals surface area contributed by atoms with Crippen LogP contribution in [0.5, 0.6) is 0 Å². The van der Waals surface area contributed by atoms with Crippen molar-refractivity contribution in [1.82, 2.24) is 15.1 Å². The molecule has 0 aromatic rings. The zero-order chi connectivity index (χ0) is 22.4. The van der Waals surface area contributed by atoms with Crippen molar-refractivity contribution >= 4 is 17.9 Å². The van der Waals surface area contributed by atoms with Crippen molar-refractivity contribution in [3.8, 4) is 0 Å². The highest BCUT2D eigenvalue weighted by Gasteiger charge is 2.38. The van der Waals surface area contributed by atoms with Crippen molar-refractivity contribution in [2.24, 2.45) is 0 Å². The number of hydrogen-bond acceptors (Lipinski definition) is 8. The van der Waals surface area contributed by atoms with Gasteiger partial charge in [-0.1, -0.05) is 0 Å². The van der Waals surface area contributed by atoms with Gasteiger partial charge < -0.3 is 38.8 Å². The van der Waals surface area contributed by atoms with E-state index in [0.717, 1.165) is 0 Å². The van der Waals surface area contributed by atoms with Gasteiger partial charge in [-0.05, 0) is 20.8 Å². The number of carbonyl (C=O) groups is 3. The number of amides is 3. The third kappa shape index (κ3) is 6.76. The van der Waals surface area contributed by atoms with E-state index in [4.69, 9.17) is 23.7 Å². The SMILES string of the molecule is CC(C)(C)OC(=O)N1CCN(C(=O)[C@@H]2COCCO2)[C@H](CNC(=O)[C@@H]2COCCO2)C1. The molecule has 176 valence electrons. The normalized spacial score (nSPS) is 27.5.